The molecule has 0 unspecified atom stereocenters. The first-order chi connectivity index (χ1) is 13.1. The van der Waals surface area contributed by atoms with Crippen LogP contribution >= 0.6 is 11.6 Å². The zero-order valence-electron chi connectivity index (χ0n) is 15.0. The van der Waals surface area contributed by atoms with Gasteiger partial charge in [0.25, 0.3) is 0 Å². The largest absolute Gasteiger partial charge is 0.487 e. The molecule has 0 N–H and O–H groups in total. The number of rotatable bonds is 5. The molecule has 0 aliphatic heterocycles. The number of hydrogen-bond acceptors (Lipinski definition) is 3. The summed E-state index contributed by atoms with van der Waals surface area (Å²) in [7, 11) is 0. The van der Waals surface area contributed by atoms with Crippen LogP contribution in [0.1, 0.15) is 30.2 Å². The van der Waals surface area contributed by atoms with Gasteiger partial charge in [-0.25, -0.2) is 0 Å². The molecule has 1 aliphatic carbocycles. The van der Waals surface area contributed by atoms with Gasteiger partial charge in [0.05, 0.1) is 5.02 Å². The van der Waals surface area contributed by atoms with Crippen LogP contribution in [0.15, 0.2) is 64.6 Å². The normalized spacial score (nSPS) is 13.0. The molecule has 0 saturated heterocycles. The molecule has 3 aromatic rings. The average Bonchev–Trinajstić information content (AvgIpc) is 3.11. The van der Waals surface area contributed by atoms with Crippen molar-refractivity contribution < 1.29 is 13.9 Å². The van der Waals surface area contributed by atoms with Crippen molar-refractivity contribution in [2.45, 2.75) is 26.4 Å². The monoisotopic (exact) mass is 378 g/mol. The minimum Gasteiger partial charge on any atom is -0.487 e. The molecule has 1 aliphatic rings. The lowest BCUT2D eigenvalue weighted by atomic mass is 9.96. The van der Waals surface area contributed by atoms with Gasteiger partial charge >= 0.3 is 0 Å². The van der Waals surface area contributed by atoms with Crippen LogP contribution in [-0.2, 0) is 17.8 Å². The fourth-order valence-electron chi connectivity index (χ4n) is 3.19. The number of carbonyl (C=O) groups excluding carboxylic acids is 1. The summed E-state index contributed by atoms with van der Waals surface area (Å²) in [5, 5.41) is 0.540. The lowest BCUT2D eigenvalue weighted by Gasteiger charge is -2.09. The van der Waals surface area contributed by atoms with Gasteiger partial charge < -0.3 is 9.15 Å². The number of furan rings is 1. The highest BCUT2D eigenvalue weighted by atomic mass is 35.5. The van der Waals surface area contributed by atoms with E-state index in [-0.39, 0.29) is 5.78 Å². The summed E-state index contributed by atoms with van der Waals surface area (Å²) in [5.74, 6) is 2.42. The molecule has 136 valence electrons. The first kappa shape index (κ1) is 17.6. The van der Waals surface area contributed by atoms with Gasteiger partial charge in [0.2, 0.25) is 0 Å². The second-order valence-electron chi connectivity index (χ2n) is 6.63. The van der Waals surface area contributed by atoms with Gasteiger partial charge in [0, 0.05) is 17.5 Å². The summed E-state index contributed by atoms with van der Waals surface area (Å²) in [6.07, 6.45) is 3.39. The predicted molar refractivity (Wildman–Crippen MR) is 107 cm³/mol. The molecule has 4 heteroatoms. The van der Waals surface area contributed by atoms with Crippen molar-refractivity contribution in [1.29, 1.82) is 0 Å². The summed E-state index contributed by atoms with van der Waals surface area (Å²) in [5.41, 5.74) is 3.79. The Morgan fingerprint density at radius 3 is 2.67 bits per heavy atom. The second kappa shape index (κ2) is 7.45. The van der Waals surface area contributed by atoms with Gasteiger partial charge in [0.1, 0.15) is 23.9 Å². The summed E-state index contributed by atoms with van der Waals surface area (Å²) in [6.45, 7) is 2.07. The maximum absolute atomic E-state index is 11.6. The molecule has 4 rings (SSSR count). The van der Waals surface area contributed by atoms with Crippen LogP contribution in [0.25, 0.3) is 17.4 Å². The first-order valence-electron chi connectivity index (χ1n) is 8.91. The maximum Gasteiger partial charge on any atom is 0.155 e. The smallest absolute Gasteiger partial charge is 0.155 e. The van der Waals surface area contributed by atoms with Crippen molar-refractivity contribution in [2.24, 2.45) is 0 Å². The lowest BCUT2D eigenvalue weighted by molar-refractivity contribution is -0.113. The number of carbonyl (C=O) groups is 1. The Labute approximate surface area is 163 Å². The van der Waals surface area contributed by atoms with E-state index in [0.717, 1.165) is 46.6 Å². The van der Waals surface area contributed by atoms with Crippen LogP contribution < -0.4 is 4.74 Å². The van der Waals surface area contributed by atoms with Crippen molar-refractivity contribution >= 4 is 23.5 Å². The minimum atomic E-state index is 0.117. The number of ether oxygens (including phenoxy) is 1. The summed E-state index contributed by atoms with van der Waals surface area (Å²) < 4.78 is 11.8. The van der Waals surface area contributed by atoms with Crippen molar-refractivity contribution in [3.05, 3.63) is 82.1 Å². The highest BCUT2D eigenvalue weighted by molar-refractivity contribution is 6.32. The topological polar surface area (TPSA) is 39.4 Å². The fourth-order valence-corrected chi connectivity index (χ4v) is 3.43. The molecule has 0 bridgehead atoms. The Kier molecular flexibility index (Phi) is 4.87. The van der Waals surface area contributed by atoms with Crippen molar-refractivity contribution in [2.75, 3.05) is 0 Å². The van der Waals surface area contributed by atoms with E-state index in [0.29, 0.717) is 17.4 Å². The summed E-state index contributed by atoms with van der Waals surface area (Å²) in [4.78, 5) is 11.6. The molecule has 0 saturated carbocycles. The third kappa shape index (κ3) is 3.83. The van der Waals surface area contributed by atoms with Crippen LogP contribution in [0.5, 0.6) is 5.75 Å². The number of aryl methyl sites for hydroxylation is 1. The SMILES string of the molecule is CC(=O)C1=Cc2cc(-c3ccc(OCc4ccccc4)c(Cl)c3)oc2CC1. The summed E-state index contributed by atoms with van der Waals surface area (Å²) >= 11 is 6.41. The van der Waals surface area contributed by atoms with E-state index < -0.39 is 0 Å². The van der Waals surface area contributed by atoms with Gasteiger partial charge in [-0.2, -0.15) is 0 Å². The first-order valence-corrected chi connectivity index (χ1v) is 9.29. The van der Waals surface area contributed by atoms with Crippen LogP contribution in [0.2, 0.25) is 5.02 Å². The Morgan fingerprint density at radius 2 is 1.93 bits per heavy atom. The average molecular weight is 379 g/mol. The number of halogens is 1. The summed E-state index contributed by atoms with van der Waals surface area (Å²) in [6, 6.07) is 17.6. The van der Waals surface area contributed by atoms with E-state index >= 15 is 0 Å². The third-order valence-electron chi connectivity index (χ3n) is 4.70. The molecule has 1 aromatic heterocycles. The van der Waals surface area contributed by atoms with Gasteiger partial charge in [-0.1, -0.05) is 41.9 Å². The van der Waals surface area contributed by atoms with Gasteiger partial charge in [-0.05, 0) is 54.8 Å². The van der Waals surface area contributed by atoms with E-state index in [9.17, 15) is 4.79 Å². The molecule has 0 spiro atoms. The maximum atomic E-state index is 11.6. The van der Waals surface area contributed by atoms with Crippen molar-refractivity contribution in [1.82, 2.24) is 0 Å². The zero-order chi connectivity index (χ0) is 18.8. The highest BCUT2D eigenvalue weighted by Crippen LogP contribution is 2.35. The van der Waals surface area contributed by atoms with Gasteiger partial charge in [-0.15, -0.1) is 0 Å². The standard InChI is InChI=1S/C23H19ClO3/c1-15(25)17-7-9-21-19(11-17)13-23(27-21)18-8-10-22(20(24)12-18)26-14-16-5-3-2-4-6-16/h2-6,8,10-13H,7,9,14H2,1H3. The van der Waals surface area contributed by atoms with Crippen LogP contribution in [-0.4, -0.2) is 5.78 Å². The Morgan fingerprint density at radius 1 is 1.11 bits per heavy atom. The fraction of sp³-hybridized carbons (Fsp3) is 0.174. The Hall–Kier alpha value is -2.78. The molecule has 0 atom stereocenters. The predicted octanol–water partition coefficient (Wildman–Crippen LogP) is 6.10. The van der Waals surface area contributed by atoms with E-state index in [1.165, 1.54) is 0 Å². The molecule has 3 nitrogen and oxygen atoms in total. The van der Waals surface area contributed by atoms with E-state index in [1.807, 2.05) is 60.7 Å². The molecular formula is C23H19ClO3. The van der Waals surface area contributed by atoms with E-state index in [4.69, 9.17) is 20.8 Å². The second-order valence-corrected chi connectivity index (χ2v) is 7.04. The van der Waals surface area contributed by atoms with Crippen molar-refractivity contribution in [3.8, 4) is 17.1 Å². The van der Waals surface area contributed by atoms with Crippen LogP contribution in [0.4, 0.5) is 0 Å². The minimum absolute atomic E-state index is 0.117. The molecule has 0 fully saturated rings. The quantitative estimate of drug-likeness (QED) is 0.538. The number of Topliss-reactive ketones (excluding diaryl/α,β-unsaturated/α-hetero) is 1. The van der Waals surface area contributed by atoms with Gasteiger partial charge in [-0.3, -0.25) is 4.79 Å². The Bertz CT molecular complexity index is 1020. The van der Waals surface area contributed by atoms with Crippen molar-refractivity contribution in [3.63, 3.8) is 0 Å². The third-order valence-corrected chi connectivity index (χ3v) is 4.99. The van der Waals surface area contributed by atoms with Crippen LogP contribution in [0.3, 0.4) is 0 Å². The van der Waals surface area contributed by atoms with E-state index in [2.05, 4.69) is 0 Å². The number of ketones is 1. The Balaban J connectivity index is 1.54. The molecule has 2 aromatic carbocycles. The van der Waals surface area contributed by atoms with E-state index in [1.54, 1.807) is 6.92 Å². The molecule has 0 amide bonds. The van der Waals surface area contributed by atoms with Gasteiger partial charge in [0.15, 0.2) is 5.78 Å². The lowest BCUT2D eigenvalue weighted by Crippen LogP contribution is -2.03. The number of fused-ring (bicyclic) bond motifs is 1. The number of allylic oxidation sites excluding steroid dienone is 1. The molecule has 0 radical (unpaired) electrons. The number of hydrogen-bond donors (Lipinski definition) is 0. The number of benzene rings is 2. The molecular weight excluding hydrogens is 360 g/mol. The molecule has 1 heterocycles. The van der Waals surface area contributed by atoms with Crippen LogP contribution in [0, 0.1) is 0 Å². The zero-order valence-corrected chi connectivity index (χ0v) is 15.8. The highest BCUT2D eigenvalue weighted by Gasteiger charge is 2.19. The molecule has 27 heavy (non-hydrogen) atoms.